The highest BCUT2D eigenvalue weighted by molar-refractivity contribution is 6.32. The number of amides is 2. The van der Waals surface area contributed by atoms with Gasteiger partial charge in [-0.05, 0) is 81.4 Å². The molecule has 2 saturated heterocycles. The maximum absolute atomic E-state index is 15.7. The van der Waals surface area contributed by atoms with Crippen molar-refractivity contribution in [2.45, 2.75) is 89.7 Å². The fourth-order valence-electron chi connectivity index (χ4n) is 10.4. The van der Waals surface area contributed by atoms with Gasteiger partial charge in [0.1, 0.15) is 15.9 Å². The van der Waals surface area contributed by atoms with E-state index in [0.717, 1.165) is 101 Å². The van der Waals surface area contributed by atoms with Crippen LogP contribution in [0, 0.1) is 35.3 Å². The molecule has 31 heteroatoms. The lowest BCUT2D eigenvalue weighted by atomic mass is 9.82. The Kier molecular flexibility index (Phi) is 30.0. The van der Waals surface area contributed by atoms with E-state index in [-0.39, 0.29) is 66.3 Å². The highest BCUT2D eigenvalue weighted by atomic mass is 35.5. The molecule has 0 atom stereocenters. The average molecular weight is 1340 g/mol. The Balaban J connectivity index is 0.000000270. The van der Waals surface area contributed by atoms with Gasteiger partial charge in [0.15, 0.2) is 23.1 Å². The molecule has 0 spiro atoms. The van der Waals surface area contributed by atoms with Gasteiger partial charge in [-0.3, -0.25) is 9.59 Å². The lowest BCUT2D eigenvalue weighted by Crippen LogP contribution is -2.49. The first kappa shape index (κ1) is 75.4. The number of phenolic OH excluding ortho intramolecular Hbond substituents is 1. The molecule has 91 heavy (non-hydrogen) atoms. The van der Waals surface area contributed by atoms with Crippen molar-refractivity contribution in [2.75, 3.05) is 129 Å². The van der Waals surface area contributed by atoms with E-state index in [1.807, 2.05) is 0 Å². The molecule has 506 valence electrons. The fourth-order valence-corrected chi connectivity index (χ4v) is 10.8. The smallest absolute Gasteiger partial charge is 0.423 e. The third kappa shape index (κ3) is 21.9. The monoisotopic (exact) mass is 1340 g/mol. The zero-order valence-electron chi connectivity index (χ0n) is 51.4. The quantitative estimate of drug-likeness (QED) is 0.0449. The summed E-state index contributed by atoms with van der Waals surface area (Å²) in [7, 11) is 6.96. The highest BCUT2D eigenvalue weighted by Crippen LogP contribution is 2.42. The Bertz CT molecular complexity index is 2980. The number of carboxylic acids is 1. The number of hydrogen-bond donors (Lipinski definition) is 3. The number of methoxy groups -OCH3 is 5. The van der Waals surface area contributed by atoms with Gasteiger partial charge in [0.05, 0.1) is 100 Å². The number of ether oxygens (including phenoxy) is 8. The van der Waals surface area contributed by atoms with Crippen LogP contribution in [0.3, 0.4) is 0 Å². The number of rotatable bonds is 19. The van der Waals surface area contributed by atoms with E-state index in [4.69, 9.17) is 61.1 Å². The summed E-state index contributed by atoms with van der Waals surface area (Å²) < 4.78 is 149. The van der Waals surface area contributed by atoms with Crippen molar-refractivity contribution in [1.29, 1.82) is 0 Å². The summed E-state index contributed by atoms with van der Waals surface area (Å²) in [6.45, 7) is 9.46. The molecule has 4 fully saturated rings. The zero-order valence-corrected chi connectivity index (χ0v) is 52.9. The average Bonchev–Trinajstić information content (AvgIpc) is 0.961. The van der Waals surface area contributed by atoms with Crippen LogP contribution in [0.4, 0.5) is 52.4 Å². The van der Waals surface area contributed by atoms with Crippen molar-refractivity contribution >= 4 is 64.3 Å². The van der Waals surface area contributed by atoms with Crippen LogP contribution < -0.4 is 24.8 Å². The standard InChI is InChI=1S/C29H36F4N4O7.C21H30FNO6.C6H2Cl2F3N.C4H9NO/c1-17-4-6-18(7-5-17)26(38)37(19(15-41-2)16-42-3)23-13-22(30)24(12-20(23)27(39)40)44-25-21(29(31,32)33)14-34-28(35-25)36-8-10-43-11-9-36;1-13-5-7-14(8-6-13)20(25)23(15(11-27-2)12-28-3)18-10-17(22)19(24)9-16(18)21(26)29-4;7-4-2-1-3(5(8)12-4)6(9,10)11;1-3-6-4-2-5-1/h12-14,17-19H,4-11,15-16H2,1-3H3,(H,39,40);9-10,13-15,24H,5-8,11-12H2,1-4H3;1-2H;5H,1-4H2. The fraction of sp³-hybridized carbons (Fsp3) is 0.583. The molecule has 2 aromatic carbocycles. The van der Waals surface area contributed by atoms with Crippen LogP contribution in [0.25, 0.3) is 0 Å². The lowest BCUT2D eigenvalue weighted by Gasteiger charge is -2.36. The number of esters is 1. The second-order valence-electron chi connectivity index (χ2n) is 21.8. The molecule has 2 saturated carbocycles. The summed E-state index contributed by atoms with van der Waals surface area (Å²) in [6.07, 6.45) is -2.89. The maximum atomic E-state index is 15.7. The summed E-state index contributed by atoms with van der Waals surface area (Å²) in [4.78, 5) is 67.4. The highest BCUT2D eigenvalue weighted by Gasteiger charge is 2.41. The minimum atomic E-state index is -4.96. The van der Waals surface area contributed by atoms with Crippen LogP contribution in [0.2, 0.25) is 10.3 Å². The van der Waals surface area contributed by atoms with E-state index in [2.05, 4.69) is 34.1 Å². The number of halogens is 10. The minimum Gasteiger partial charge on any atom is -0.505 e. The summed E-state index contributed by atoms with van der Waals surface area (Å²) >= 11 is 10.5. The van der Waals surface area contributed by atoms with E-state index in [1.54, 1.807) is 4.90 Å². The molecule has 4 aromatic rings. The number of nitrogens with one attached hydrogen (secondary N) is 1. The number of aromatic hydroxyl groups is 1. The number of nitrogens with zero attached hydrogens (tertiary/aromatic N) is 6. The number of benzene rings is 2. The van der Waals surface area contributed by atoms with Crippen LogP contribution in [0.1, 0.15) is 97.1 Å². The predicted molar refractivity (Wildman–Crippen MR) is 318 cm³/mol. The van der Waals surface area contributed by atoms with Crippen molar-refractivity contribution in [3.05, 3.63) is 86.8 Å². The van der Waals surface area contributed by atoms with Crippen molar-refractivity contribution in [2.24, 2.45) is 23.7 Å². The molecule has 4 heterocycles. The van der Waals surface area contributed by atoms with Gasteiger partial charge in [0, 0.05) is 90.8 Å². The van der Waals surface area contributed by atoms with Crippen LogP contribution in [0.5, 0.6) is 17.4 Å². The molecule has 8 rings (SSSR count). The number of morpholine rings is 2. The van der Waals surface area contributed by atoms with Gasteiger partial charge >= 0.3 is 24.3 Å². The molecule has 4 aliphatic rings. The van der Waals surface area contributed by atoms with E-state index in [0.29, 0.717) is 57.2 Å². The largest absolute Gasteiger partial charge is 0.505 e. The van der Waals surface area contributed by atoms with E-state index in [9.17, 15) is 60.1 Å². The number of carbonyl (C=O) groups excluding carboxylic acids is 3. The Morgan fingerprint density at radius 1 is 0.670 bits per heavy atom. The lowest BCUT2D eigenvalue weighted by molar-refractivity contribution is -0.139. The van der Waals surface area contributed by atoms with Gasteiger partial charge in [0.25, 0.3) is 0 Å². The van der Waals surface area contributed by atoms with Gasteiger partial charge in [-0.2, -0.15) is 31.3 Å². The van der Waals surface area contributed by atoms with Crippen molar-refractivity contribution in [3.63, 3.8) is 0 Å². The summed E-state index contributed by atoms with van der Waals surface area (Å²) in [5, 5.41) is 22.4. The molecule has 2 aliphatic heterocycles. The molecule has 2 amide bonds. The Hall–Kier alpha value is -6.31. The molecule has 21 nitrogen and oxygen atoms in total. The number of hydrogen-bond acceptors (Lipinski definition) is 18. The molecular formula is C60H77Cl2F8N7O14. The first-order valence-electron chi connectivity index (χ1n) is 29.1. The number of alkyl halides is 6. The first-order chi connectivity index (χ1) is 43.2. The second-order valence-corrected chi connectivity index (χ2v) is 22.5. The van der Waals surface area contributed by atoms with Crippen molar-refractivity contribution < 1.29 is 102 Å². The normalized spacial score (nSPS) is 18.6. The molecule has 2 aliphatic carbocycles. The van der Waals surface area contributed by atoms with E-state index < -0.39 is 99.1 Å². The minimum absolute atomic E-state index is 0.0369. The molecular weight excluding hydrogens is 1270 g/mol. The third-order valence-electron chi connectivity index (χ3n) is 15.2. The Morgan fingerprint density at radius 3 is 1.56 bits per heavy atom. The van der Waals surface area contributed by atoms with Gasteiger partial charge < -0.3 is 68.1 Å². The van der Waals surface area contributed by atoms with Crippen molar-refractivity contribution in [3.8, 4) is 17.4 Å². The summed E-state index contributed by atoms with van der Waals surface area (Å²) in [5.74, 6) is -7.42. The molecule has 0 unspecified atom stereocenters. The van der Waals surface area contributed by atoms with Gasteiger partial charge in [-0.15, -0.1) is 0 Å². The topological polar surface area (TPSA) is 243 Å². The number of anilines is 3. The van der Waals surface area contributed by atoms with Crippen molar-refractivity contribution in [1.82, 2.24) is 20.3 Å². The maximum Gasteiger partial charge on any atom is 0.423 e. The van der Waals surface area contributed by atoms with Gasteiger partial charge in [-0.1, -0.05) is 37.0 Å². The summed E-state index contributed by atoms with van der Waals surface area (Å²) in [5.41, 5.74) is -3.27. The number of carboxylic acid groups (broad SMARTS) is 1. The Morgan fingerprint density at radius 2 is 1.14 bits per heavy atom. The van der Waals surface area contributed by atoms with Gasteiger partial charge in [0.2, 0.25) is 23.6 Å². The van der Waals surface area contributed by atoms with E-state index >= 15 is 4.39 Å². The molecule has 0 bridgehead atoms. The molecule has 0 radical (unpaired) electrons. The number of aromatic nitrogens is 3. The first-order valence-corrected chi connectivity index (χ1v) is 29.9. The van der Waals surface area contributed by atoms with E-state index in [1.165, 1.54) is 45.3 Å². The number of pyridine rings is 1. The summed E-state index contributed by atoms with van der Waals surface area (Å²) in [6, 6.07) is 3.93. The van der Waals surface area contributed by atoms with Crippen LogP contribution in [-0.4, -0.2) is 176 Å². The Labute approximate surface area is 531 Å². The van der Waals surface area contributed by atoms with Gasteiger partial charge in [-0.25, -0.2) is 28.3 Å². The number of phenols is 1. The van der Waals surface area contributed by atoms with Crippen LogP contribution in [0.15, 0.2) is 42.6 Å². The molecule has 2 aromatic heterocycles. The zero-order chi connectivity index (χ0) is 67.2. The molecule has 3 N–H and O–H groups in total. The second kappa shape index (κ2) is 36.2. The third-order valence-corrected chi connectivity index (χ3v) is 15.7. The van der Waals surface area contributed by atoms with Crippen LogP contribution >= 0.6 is 23.2 Å². The predicted octanol–water partition coefficient (Wildman–Crippen LogP) is 10.9. The van der Waals surface area contributed by atoms with Crippen LogP contribution in [-0.2, 0) is 55.1 Å². The SMILES string of the molecule is C1COCCN1.COCC(COC)N(C(=O)C1CCC(C)CC1)c1cc(F)c(O)cc1C(=O)OC.COCC(COC)N(C(=O)C1CCC(C)CC1)c1cc(F)c(Oc2nc(N3CCOCC3)ncc2C(F)(F)F)cc1C(=O)O.FC(F)(F)c1ccc(Cl)nc1Cl. The number of aromatic carboxylic acids is 1. The number of carbonyl (C=O) groups is 4.